The van der Waals surface area contributed by atoms with E-state index in [0.717, 1.165) is 13.1 Å². The van der Waals surface area contributed by atoms with E-state index in [1.807, 2.05) is 0 Å². The molecule has 8 heteroatoms. The Kier molecular flexibility index (Phi) is 6.72. The summed E-state index contributed by atoms with van der Waals surface area (Å²) < 4.78 is 4.97. The zero-order valence-electron chi connectivity index (χ0n) is 14.0. The van der Waals surface area contributed by atoms with E-state index in [-0.39, 0.29) is 23.7 Å². The Morgan fingerprint density at radius 3 is 2.25 bits per heavy atom. The van der Waals surface area contributed by atoms with Crippen LogP contribution >= 0.6 is 0 Å². The van der Waals surface area contributed by atoms with E-state index in [1.54, 1.807) is 6.92 Å². The van der Waals surface area contributed by atoms with Crippen LogP contribution in [0.25, 0.3) is 0 Å². The number of rotatable bonds is 3. The van der Waals surface area contributed by atoms with Crippen LogP contribution in [0.1, 0.15) is 32.6 Å². The second kappa shape index (κ2) is 8.77. The fourth-order valence-electron chi connectivity index (χ4n) is 3.07. The Morgan fingerprint density at radius 2 is 1.67 bits per heavy atom. The minimum absolute atomic E-state index is 0.224. The highest BCUT2D eigenvalue weighted by atomic mass is 16.5. The molecule has 0 aliphatic carbocycles. The maximum atomic E-state index is 12.2. The highest BCUT2D eigenvalue weighted by Gasteiger charge is 2.32. The number of carbonyl (C=O) groups excluding carboxylic acids is 4. The number of amides is 3. The van der Waals surface area contributed by atoms with Crippen molar-refractivity contribution in [3.63, 3.8) is 0 Å². The number of hydrogen-bond donors (Lipinski definition) is 2. The second-order valence-electron chi connectivity index (χ2n) is 6.16. The number of nitrogens with one attached hydrogen (secondary N) is 2. The number of nitrogens with zero attached hydrogens (tertiary/aromatic N) is 1. The monoisotopic (exact) mass is 339 g/mol. The first kappa shape index (κ1) is 18.4. The molecule has 0 radical (unpaired) electrons. The SMILES string of the molecule is CCOC(=O)C1CCN(C(=O)C(=O)NC(=O)C2CCNCC2)CC1. The molecule has 0 spiro atoms. The van der Waals surface area contributed by atoms with Gasteiger partial charge in [0, 0.05) is 19.0 Å². The van der Waals surface area contributed by atoms with Gasteiger partial charge in [-0.15, -0.1) is 0 Å². The molecule has 2 rings (SSSR count). The lowest BCUT2D eigenvalue weighted by Crippen LogP contribution is -2.50. The normalized spacial score (nSPS) is 19.6. The highest BCUT2D eigenvalue weighted by Crippen LogP contribution is 2.19. The van der Waals surface area contributed by atoms with Gasteiger partial charge in [-0.25, -0.2) is 0 Å². The fraction of sp³-hybridized carbons (Fsp3) is 0.750. The maximum absolute atomic E-state index is 12.2. The van der Waals surface area contributed by atoms with Gasteiger partial charge < -0.3 is 15.0 Å². The first-order valence-electron chi connectivity index (χ1n) is 8.54. The quantitative estimate of drug-likeness (QED) is 0.527. The number of ether oxygens (including phenoxy) is 1. The first-order valence-corrected chi connectivity index (χ1v) is 8.54. The summed E-state index contributed by atoms with van der Waals surface area (Å²) in [7, 11) is 0. The molecule has 24 heavy (non-hydrogen) atoms. The molecule has 3 amide bonds. The average Bonchev–Trinajstić information content (AvgIpc) is 2.62. The van der Waals surface area contributed by atoms with Crippen molar-refractivity contribution >= 4 is 23.7 Å². The van der Waals surface area contributed by atoms with Crippen LogP contribution in [-0.2, 0) is 23.9 Å². The van der Waals surface area contributed by atoms with Crippen LogP contribution in [0, 0.1) is 11.8 Å². The van der Waals surface area contributed by atoms with E-state index in [2.05, 4.69) is 10.6 Å². The molecule has 2 N–H and O–H groups in total. The molecular weight excluding hydrogens is 314 g/mol. The third kappa shape index (κ3) is 4.77. The molecule has 2 fully saturated rings. The predicted octanol–water partition coefficient (Wildman–Crippen LogP) is -0.569. The topological polar surface area (TPSA) is 105 Å². The third-order valence-electron chi connectivity index (χ3n) is 4.54. The van der Waals surface area contributed by atoms with Gasteiger partial charge >= 0.3 is 17.8 Å². The van der Waals surface area contributed by atoms with Crippen molar-refractivity contribution in [1.82, 2.24) is 15.5 Å². The van der Waals surface area contributed by atoms with Crippen LogP contribution < -0.4 is 10.6 Å². The van der Waals surface area contributed by atoms with Crippen molar-refractivity contribution in [2.24, 2.45) is 11.8 Å². The maximum Gasteiger partial charge on any atom is 0.316 e. The van der Waals surface area contributed by atoms with Gasteiger partial charge in [0.15, 0.2) is 0 Å². The molecule has 8 nitrogen and oxygen atoms in total. The van der Waals surface area contributed by atoms with E-state index >= 15 is 0 Å². The largest absolute Gasteiger partial charge is 0.466 e. The lowest BCUT2D eigenvalue weighted by atomic mass is 9.96. The summed E-state index contributed by atoms with van der Waals surface area (Å²) in [6, 6.07) is 0. The molecule has 2 aliphatic rings. The van der Waals surface area contributed by atoms with Crippen molar-refractivity contribution < 1.29 is 23.9 Å². The van der Waals surface area contributed by atoms with Crippen LogP contribution in [0.3, 0.4) is 0 Å². The molecule has 0 aromatic rings. The van der Waals surface area contributed by atoms with Crippen LogP contribution in [0.5, 0.6) is 0 Å². The fourth-order valence-corrected chi connectivity index (χ4v) is 3.07. The second-order valence-corrected chi connectivity index (χ2v) is 6.16. The van der Waals surface area contributed by atoms with E-state index in [9.17, 15) is 19.2 Å². The van der Waals surface area contributed by atoms with Crippen molar-refractivity contribution in [2.75, 3.05) is 32.8 Å². The molecule has 2 aliphatic heterocycles. The molecule has 0 aromatic carbocycles. The molecule has 0 bridgehead atoms. The van der Waals surface area contributed by atoms with Gasteiger partial charge in [0.25, 0.3) is 0 Å². The Morgan fingerprint density at radius 1 is 1.04 bits per heavy atom. The summed E-state index contributed by atoms with van der Waals surface area (Å²) in [6.45, 7) is 4.19. The molecule has 134 valence electrons. The van der Waals surface area contributed by atoms with Crippen molar-refractivity contribution in [3.05, 3.63) is 0 Å². The van der Waals surface area contributed by atoms with Crippen LogP contribution in [-0.4, -0.2) is 61.4 Å². The molecular formula is C16H25N3O5. The molecule has 0 saturated carbocycles. The molecule has 0 aromatic heterocycles. The molecule has 0 atom stereocenters. The van der Waals surface area contributed by atoms with Gasteiger partial charge in [-0.2, -0.15) is 0 Å². The lowest BCUT2D eigenvalue weighted by molar-refractivity contribution is -0.153. The average molecular weight is 339 g/mol. The minimum Gasteiger partial charge on any atom is -0.466 e. The van der Waals surface area contributed by atoms with E-state index in [4.69, 9.17) is 4.74 Å². The Bertz CT molecular complexity index is 494. The number of esters is 1. The number of likely N-dealkylation sites (tertiary alicyclic amines) is 1. The van der Waals surface area contributed by atoms with E-state index < -0.39 is 11.8 Å². The highest BCUT2D eigenvalue weighted by molar-refractivity contribution is 6.37. The smallest absolute Gasteiger partial charge is 0.316 e. The Labute approximate surface area is 141 Å². The Hall–Kier alpha value is -1.96. The molecule has 2 heterocycles. The first-order chi connectivity index (χ1) is 11.5. The van der Waals surface area contributed by atoms with Gasteiger partial charge in [0.1, 0.15) is 0 Å². The molecule has 0 unspecified atom stereocenters. The van der Waals surface area contributed by atoms with Crippen LogP contribution in [0.4, 0.5) is 0 Å². The van der Waals surface area contributed by atoms with Crippen LogP contribution in [0.15, 0.2) is 0 Å². The van der Waals surface area contributed by atoms with Gasteiger partial charge in [-0.05, 0) is 45.7 Å². The number of hydrogen-bond acceptors (Lipinski definition) is 6. The van der Waals surface area contributed by atoms with Crippen molar-refractivity contribution in [3.8, 4) is 0 Å². The summed E-state index contributed by atoms with van der Waals surface area (Å²) in [5.41, 5.74) is 0. The van der Waals surface area contributed by atoms with E-state index in [1.165, 1.54) is 4.90 Å². The Balaban J connectivity index is 1.78. The summed E-state index contributed by atoms with van der Waals surface area (Å²) >= 11 is 0. The minimum atomic E-state index is -0.881. The van der Waals surface area contributed by atoms with Gasteiger partial charge in [0.05, 0.1) is 12.5 Å². The zero-order valence-corrected chi connectivity index (χ0v) is 14.0. The summed E-state index contributed by atoms with van der Waals surface area (Å²) in [4.78, 5) is 49.2. The standard InChI is InChI=1S/C16H25N3O5/c1-2-24-16(23)12-5-9-19(10-6-12)15(22)14(21)18-13(20)11-3-7-17-8-4-11/h11-12,17H,2-10H2,1H3,(H,18,20,21). The molecule has 2 saturated heterocycles. The summed E-state index contributed by atoms with van der Waals surface area (Å²) in [6.07, 6.45) is 2.27. The van der Waals surface area contributed by atoms with Gasteiger partial charge in [0.2, 0.25) is 5.91 Å². The predicted molar refractivity (Wildman–Crippen MR) is 84.7 cm³/mol. The van der Waals surface area contributed by atoms with Crippen molar-refractivity contribution in [2.45, 2.75) is 32.6 Å². The number of imide groups is 1. The number of piperidine rings is 2. The number of carbonyl (C=O) groups is 4. The van der Waals surface area contributed by atoms with Gasteiger partial charge in [-0.3, -0.25) is 24.5 Å². The lowest BCUT2D eigenvalue weighted by Gasteiger charge is -2.30. The zero-order chi connectivity index (χ0) is 17.5. The third-order valence-corrected chi connectivity index (χ3v) is 4.54. The van der Waals surface area contributed by atoms with Gasteiger partial charge in [-0.1, -0.05) is 0 Å². The van der Waals surface area contributed by atoms with Crippen LogP contribution in [0.2, 0.25) is 0 Å². The van der Waals surface area contributed by atoms with Crippen molar-refractivity contribution in [1.29, 1.82) is 0 Å². The summed E-state index contributed by atoms with van der Waals surface area (Å²) in [5.74, 6) is -2.68. The van der Waals surface area contributed by atoms with E-state index in [0.29, 0.717) is 45.4 Å². The summed E-state index contributed by atoms with van der Waals surface area (Å²) in [5, 5.41) is 5.35.